The van der Waals surface area contributed by atoms with Gasteiger partial charge in [0.15, 0.2) is 11.0 Å². The Morgan fingerprint density at radius 3 is 2.71 bits per heavy atom. The van der Waals surface area contributed by atoms with Crippen molar-refractivity contribution in [2.75, 3.05) is 6.61 Å². The summed E-state index contributed by atoms with van der Waals surface area (Å²) in [5.74, 6) is -0.515. The van der Waals surface area contributed by atoms with E-state index in [0.717, 1.165) is 6.07 Å². The molecule has 1 heterocycles. The first-order chi connectivity index (χ1) is 6.38. The summed E-state index contributed by atoms with van der Waals surface area (Å²) < 4.78 is 30.8. The molecule has 5 heteroatoms. The fourth-order valence-corrected chi connectivity index (χ4v) is 0.841. The van der Waals surface area contributed by atoms with Crippen LogP contribution in [-0.2, 0) is 0 Å². The molecular formula is C9H10ClF2NO. The number of halogens is 3. The maximum absolute atomic E-state index is 13.0. The van der Waals surface area contributed by atoms with E-state index in [1.165, 1.54) is 20.0 Å². The first-order valence-corrected chi connectivity index (χ1v) is 4.39. The smallest absolute Gasteiger partial charge is 0.164 e. The first kappa shape index (κ1) is 11.2. The van der Waals surface area contributed by atoms with E-state index in [4.69, 9.17) is 16.3 Å². The van der Waals surface area contributed by atoms with E-state index in [1.807, 2.05) is 0 Å². The Hall–Kier alpha value is -0.900. The molecule has 1 rings (SSSR count). The van der Waals surface area contributed by atoms with Gasteiger partial charge in [-0.3, -0.25) is 0 Å². The van der Waals surface area contributed by atoms with Crippen molar-refractivity contribution >= 4 is 11.6 Å². The van der Waals surface area contributed by atoms with Crippen LogP contribution in [0.15, 0.2) is 12.3 Å². The van der Waals surface area contributed by atoms with E-state index in [-0.39, 0.29) is 17.5 Å². The maximum atomic E-state index is 13.0. The molecule has 0 saturated heterocycles. The Morgan fingerprint density at radius 2 is 2.21 bits per heavy atom. The van der Waals surface area contributed by atoms with E-state index in [9.17, 15) is 8.78 Å². The molecule has 0 unspecified atom stereocenters. The number of nitrogens with zero attached hydrogens (tertiary/aromatic N) is 1. The molecule has 1 aromatic heterocycles. The summed E-state index contributed by atoms with van der Waals surface area (Å²) in [5.41, 5.74) is -1.46. The normalized spacial score (nSPS) is 11.5. The molecule has 14 heavy (non-hydrogen) atoms. The molecule has 0 bridgehead atoms. The van der Waals surface area contributed by atoms with Crippen LogP contribution in [0.4, 0.5) is 8.78 Å². The highest BCUT2D eigenvalue weighted by atomic mass is 35.5. The quantitative estimate of drug-likeness (QED) is 0.732. The Kier molecular flexibility index (Phi) is 3.26. The SMILES string of the molecule is CC(C)(F)COc1cnc(Cl)c(F)c1. The molecule has 0 fully saturated rings. The van der Waals surface area contributed by atoms with Gasteiger partial charge in [0.1, 0.15) is 18.0 Å². The van der Waals surface area contributed by atoms with Crippen molar-refractivity contribution in [1.29, 1.82) is 0 Å². The molecule has 0 atom stereocenters. The van der Waals surface area contributed by atoms with E-state index in [0.29, 0.717) is 0 Å². The van der Waals surface area contributed by atoms with Gasteiger partial charge in [0, 0.05) is 6.07 Å². The monoisotopic (exact) mass is 221 g/mol. The van der Waals surface area contributed by atoms with Crippen LogP contribution in [0.2, 0.25) is 5.15 Å². The van der Waals surface area contributed by atoms with Crippen LogP contribution < -0.4 is 4.74 Å². The Morgan fingerprint density at radius 1 is 1.57 bits per heavy atom. The van der Waals surface area contributed by atoms with Gasteiger partial charge in [-0.15, -0.1) is 0 Å². The summed E-state index contributed by atoms with van der Waals surface area (Å²) in [5, 5.41) is -0.225. The van der Waals surface area contributed by atoms with Crippen LogP contribution >= 0.6 is 11.6 Å². The highest BCUT2D eigenvalue weighted by Crippen LogP contribution is 2.19. The van der Waals surface area contributed by atoms with Crippen molar-refractivity contribution < 1.29 is 13.5 Å². The molecule has 0 spiro atoms. The number of alkyl halides is 1. The van der Waals surface area contributed by atoms with Crippen molar-refractivity contribution in [3.63, 3.8) is 0 Å². The number of rotatable bonds is 3. The fraction of sp³-hybridized carbons (Fsp3) is 0.444. The van der Waals surface area contributed by atoms with Gasteiger partial charge in [-0.05, 0) is 13.8 Å². The predicted molar refractivity (Wildman–Crippen MR) is 49.9 cm³/mol. The second-order valence-electron chi connectivity index (χ2n) is 3.45. The standard InChI is InChI=1S/C9H10ClF2NO/c1-9(2,12)5-14-6-3-7(11)8(10)13-4-6/h3-4H,5H2,1-2H3. The molecule has 0 aromatic carbocycles. The Balaban J connectivity index is 2.65. The summed E-state index contributed by atoms with van der Waals surface area (Å²) in [6.45, 7) is 2.58. The minimum absolute atomic E-state index is 0.157. The third-order valence-electron chi connectivity index (χ3n) is 1.35. The third kappa shape index (κ3) is 3.46. The zero-order valence-electron chi connectivity index (χ0n) is 7.85. The predicted octanol–water partition coefficient (Wildman–Crippen LogP) is 3.00. The molecule has 0 saturated carbocycles. The van der Waals surface area contributed by atoms with Crippen LogP contribution in [-0.4, -0.2) is 17.3 Å². The van der Waals surface area contributed by atoms with Gasteiger partial charge in [-0.25, -0.2) is 13.8 Å². The first-order valence-electron chi connectivity index (χ1n) is 4.01. The van der Waals surface area contributed by atoms with Crippen molar-refractivity contribution in [2.45, 2.75) is 19.5 Å². The van der Waals surface area contributed by atoms with Gasteiger partial charge >= 0.3 is 0 Å². The highest BCUT2D eigenvalue weighted by molar-refractivity contribution is 6.29. The molecule has 0 N–H and O–H groups in total. The summed E-state index contributed by atoms with van der Waals surface area (Å²) in [7, 11) is 0. The minimum Gasteiger partial charge on any atom is -0.489 e. The second-order valence-corrected chi connectivity index (χ2v) is 3.81. The number of ether oxygens (including phenoxy) is 1. The van der Waals surface area contributed by atoms with Gasteiger partial charge in [0.05, 0.1) is 6.20 Å². The molecule has 2 nitrogen and oxygen atoms in total. The molecular weight excluding hydrogens is 212 g/mol. The summed E-state index contributed by atoms with van der Waals surface area (Å²) >= 11 is 5.35. The molecule has 0 radical (unpaired) electrons. The lowest BCUT2D eigenvalue weighted by Crippen LogP contribution is -2.22. The van der Waals surface area contributed by atoms with Crippen LogP contribution in [0.5, 0.6) is 5.75 Å². The highest BCUT2D eigenvalue weighted by Gasteiger charge is 2.16. The van der Waals surface area contributed by atoms with Crippen LogP contribution in [0.3, 0.4) is 0 Å². The molecule has 0 aliphatic heterocycles. The van der Waals surface area contributed by atoms with E-state index < -0.39 is 11.5 Å². The second kappa shape index (κ2) is 4.09. The molecule has 0 amide bonds. The lowest BCUT2D eigenvalue weighted by molar-refractivity contribution is 0.120. The zero-order valence-corrected chi connectivity index (χ0v) is 8.61. The topological polar surface area (TPSA) is 22.1 Å². The van der Waals surface area contributed by atoms with Crippen molar-refractivity contribution in [3.8, 4) is 5.75 Å². The van der Waals surface area contributed by atoms with Crippen LogP contribution in [0.1, 0.15) is 13.8 Å². The molecule has 0 aliphatic rings. The number of aromatic nitrogens is 1. The van der Waals surface area contributed by atoms with Gasteiger partial charge in [0.25, 0.3) is 0 Å². The van der Waals surface area contributed by atoms with Crippen molar-refractivity contribution in [3.05, 3.63) is 23.2 Å². The minimum atomic E-state index is -1.46. The summed E-state index contributed by atoms with van der Waals surface area (Å²) in [4.78, 5) is 3.52. The average Bonchev–Trinajstić information content (AvgIpc) is 2.06. The lowest BCUT2D eigenvalue weighted by Gasteiger charge is -2.14. The van der Waals surface area contributed by atoms with Gasteiger partial charge < -0.3 is 4.74 Å². The Labute approximate surface area is 85.9 Å². The lowest BCUT2D eigenvalue weighted by atomic mass is 10.2. The van der Waals surface area contributed by atoms with Crippen molar-refractivity contribution in [2.24, 2.45) is 0 Å². The number of pyridine rings is 1. The number of hydrogen-bond donors (Lipinski definition) is 0. The number of hydrogen-bond acceptors (Lipinski definition) is 2. The van der Waals surface area contributed by atoms with Crippen molar-refractivity contribution in [1.82, 2.24) is 4.98 Å². The zero-order chi connectivity index (χ0) is 10.8. The summed E-state index contributed by atoms with van der Waals surface area (Å²) in [6.07, 6.45) is 1.25. The maximum Gasteiger partial charge on any atom is 0.164 e. The average molecular weight is 222 g/mol. The van der Waals surface area contributed by atoms with Gasteiger partial charge in [0.2, 0.25) is 0 Å². The fourth-order valence-electron chi connectivity index (χ4n) is 0.738. The molecule has 0 aliphatic carbocycles. The van der Waals surface area contributed by atoms with E-state index in [2.05, 4.69) is 4.98 Å². The van der Waals surface area contributed by atoms with Gasteiger partial charge in [-0.2, -0.15) is 0 Å². The summed E-state index contributed by atoms with van der Waals surface area (Å²) in [6, 6.07) is 1.07. The largest absolute Gasteiger partial charge is 0.489 e. The van der Waals surface area contributed by atoms with E-state index in [1.54, 1.807) is 0 Å². The Bertz CT molecular complexity index is 325. The van der Waals surface area contributed by atoms with E-state index >= 15 is 0 Å². The van der Waals surface area contributed by atoms with Gasteiger partial charge in [-0.1, -0.05) is 11.6 Å². The third-order valence-corrected chi connectivity index (χ3v) is 1.63. The molecule has 78 valence electrons. The molecule has 1 aromatic rings. The van der Waals surface area contributed by atoms with Crippen LogP contribution in [0, 0.1) is 5.82 Å². The van der Waals surface area contributed by atoms with Crippen LogP contribution in [0.25, 0.3) is 0 Å².